The molecule has 0 aromatic heterocycles. The molecule has 2 bridgehead atoms. The molecular weight excluding hydrogens is 399 g/mol. The molecule has 2 saturated carbocycles. The number of likely N-dealkylation sites (tertiary alicyclic amines) is 1. The highest BCUT2D eigenvalue weighted by molar-refractivity contribution is 6.62. The highest BCUT2D eigenvalue weighted by Gasteiger charge is 2.54. The molecular formula is C26H37BN2O3. The van der Waals surface area contributed by atoms with E-state index in [0.29, 0.717) is 12.1 Å². The van der Waals surface area contributed by atoms with E-state index in [9.17, 15) is 4.79 Å². The van der Waals surface area contributed by atoms with Crippen LogP contribution in [0.15, 0.2) is 18.2 Å². The van der Waals surface area contributed by atoms with Gasteiger partial charge in [0.15, 0.2) is 0 Å². The number of nitrogens with zero attached hydrogens (tertiary/aromatic N) is 2. The van der Waals surface area contributed by atoms with Crippen LogP contribution in [0.2, 0.25) is 0 Å². The van der Waals surface area contributed by atoms with Crippen LogP contribution in [-0.4, -0.2) is 53.8 Å². The monoisotopic (exact) mass is 436 g/mol. The molecule has 0 N–H and O–H groups in total. The molecule has 2 atom stereocenters. The smallest absolute Gasteiger partial charge is 0.399 e. The normalized spacial score (nSPS) is 36.6. The van der Waals surface area contributed by atoms with Crippen molar-refractivity contribution >= 4 is 24.2 Å². The summed E-state index contributed by atoms with van der Waals surface area (Å²) in [5.41, 5.74) is 1.97. The molecule has 2 saturated heterocycles. The Morgan fingerprint density at radius 1 is 0.906 bits per heavy atom. The van der Waals surface area contributed by atoms with Crippen LogP contribution < -0.4 is 10.4 Å². The van der Waals surface area contributed by atoms with Crippen LogP contribution >= 0.6 is 0 Å². The summed E-state index contributed by atoms with van der Waals surface area (Å²) in [5.74, 6) is 1.17. The van der Waals surface area contributed by atoms with Gasteiger partial charge >= 0.3 is 7.12 Å². The number of benzene rings is 1. The lowest BCUT2D eigenvalue weighted by Gasteiger charge is -2.48. The van der Waals surface area contributed by atoms with Gasteiger partial charge in [0.25, 0.3) is 0 Å². The Morgan fingerprint density at radius 3 is 2.19 bits per heavy atom. The zero-order valence-electron chi connectivity index (χ0n) is 20.5. The molecule has 3 heterocycles. The average molecular weight is 436 g/mol. The molecule has 6 heteroatoms. The molecule has 6 rings (SSSR count). The van der Waals surface area contributed by atoms with Crippen molar-refractivity contribution in [2.45, 2.75) is 108 Å². The second-order valence-electron chi connectivity index (χ2n) is 12.5. The fraction of sp³-hybridized carbons (Fsp3) is 0.731. The topological polar surface area (TPSA) is 42.0 Å². The number of hydrogen-bond donors (Lipinski definition) is 0. The van der Waals surface area contributed by atoms with Crippen LogP contribution in [0.4, 0.5) is 5.69 Å². The largest absolute Gasteiger partial charge is 0.494 e. The summed E-state index contributed by atoms with van der Waals surface area (Å²) in [6, 6.07) is 8.14. The predicted octanol–water partition coefficient (Wildman–Crippen LogP) is 3.63. The van der Waals surface area contributed by atoms with Gasteiger partial charge in [0.05, 0.1) is 16.6 Å². The summed E-state index contributed by atoms with van der Waals surface area (Å²) in [6.07, 6.45) is 6.40. The number of hydrogen-bond acceptors (Lipinski definition) is 4. The first kappa shape index (κ1) is 21.2. The Bertz CT molecular complexity index is 952. The Hall–Kier alpha value is -1.37. The third-order valence-electron chi connectivity index (χ3n) is 9.61. The lowest BCUT2D eigenvalue weighted by atomic mass is 9.76. The van der Waals surface area contributed by atoms with Crippen molar-refractivity contribution in [1.29, 1.82) is 0 Å². The molecule has 0 unspecified atom stereocenters. The van der Waals surface area contributed by atoms with Crippen LogP contribution in [0.25, 0.3) is 0 Å². The van der Waals surface area contributed by atoms with Crippen molar-refractivity contribution in [3.8, 4) is 0 Å². The number of amides is 1. The molecule has 32 heavy (non-hydrogen) atoms. The number of carbonyl (C=O) groups is 1. The standard InChI is InChI=1S/C26H37BN2O3/c1-24(2)21-10-8-17(27-31-25(3,4)26(5,6)32-27)12-22(21)29(23(24)30)20-13-19(14-20)28-15-16-7-9-18(28)11-16/h8,10,12,16,18-20H,7,9,11,13-15H2,1-6H3/t16-,18+,19?,20?/m1/s1. The average Bonchev–Trinajstić information content (AvgIpc) is 3.39. The van der Waals surface area contributed by atoms with Crippen LogP contribution in [-0.2, 0) is 19.5 Å². The van der Waals surface area contributed by atoms with E-state index in [1.54, 1.807) is 0 Å². The molecule has 0 radical (unpaired) electrons. The fourth-order valence-corrected chi connectivity index (χ4v) is 6.74. The molecule has 172 valence electrons. The lowest BCUT2D eigenvalue weighted by molar-refractivity contribution is -0.123. The summed E-state index contributed by atoms with van der Waals surface area (Å²) in [7, 11) is -0.403. The predicted molar refractivity (Wildman–Crippen MR) is 127 cm³/mol. The quantitative estimate of drug-likeness (QED) is 0.679. The van der Waals surface area contributed by atoms with E-state index in [-0.39, 0.29) is 17.1 Å². The number of piperidine rings is 1. The maximum atomic E-state index is 13.6. The number of fused-ring (bicyclic) bond motifs is 3. The molecule has 1 amide bonds. The van der Waals surface area contributed by atoms with E-state index in [2.05, 4.69) is 69.5 Å². The van der Waals surface area contributed by atoms with Gasteiger partial charge in [-0.05, 0) is 96.7 Å². The van der Waals surface area contributed by atoms with Crippen LogP contribution in [0.5, 0.6) is 0 Å². The molecule has 5 nitrogen and oxygen atoms in total. The van der Waals surface area contributed by atoms with Gasteiger partial charge in [-0.2, -0.15) is 0 Å². The Morgan fingerprint density at radius 2 is 1.59 bits per heavy atom. The Kier molecular flexibility index (Phi) is 4.38. The highest BCUT2D eigenvalue weighted by atomic mass is 16.7. The first-order valence-electron chi connectivity index (χ1n) is 12.6. The van der Waals surface area contributed by atoms with Crippen molar-refractivity contribution < 1.29 is 14.1 Å². The van der Waals surface area contributed by atoms with Crippen molar-refractivity contribution in [3.05, 3.63) is 23.8 Å². The van der Waals surface area contributed by atoms with E-state index >= 15 is 0 Å². The minimum absolute atomic E-state index is 0.241. The minimum atomic E-state index is -0.485. The summed E-state index contributed by atoms with van der Waals surface area (Å²) in [4.78, 5) is 18.4. The van der Waals surface area contributed by atoms with Gasteiger partial charge in [-0.25, -0.2) is 0 Å². The molecule has 2 aliphatic carbocycles. The van der Waals surface area contributed by atoms with Gasteiger partial charge < -0.3 is 14.2 Å². The Labute approximate surface area is 193 Å². The van der Waals surface area contributed by atoms with E-state index in [0.717, 1.165) is 41.5 Å². The molecule has 5 aliphatic rings. The van der Waals surface area contributed by atoms with Gasteiger partial charge in [0.2, 0.25) is 5.91 Å². The fourth-order valence-electron chi connectivity index (χ4n) is 6.74. The first-order valence-corrected chi connectivity index (χ1v) is 12.6. The molecule has 0 spiro atoms. The highest BCUT2D eigenvalue weighted by Crippen LogP contribution is 2.48. The maximum Gasteiger partial charge on any atom is 0.494 e. The molecule has 4 fully saturated rings. The molecule has 1 aromatic rings. The van der Waals surface area contributed by atoms with Crippen LogP contribution in [0, 0.1) is 5.92 Å². The minimum Gasteiger partial charge on any atom is -0.399 e. The number of rotatable bonds is 3. The maximum absolute atomic E-state index is 13.6. The van der Waals surface area contributed by atoms with E-state index < -0.39 is 12.5 Å². The summed E-state index contributed by atoms with van der Waals surface area (Å²) in [6.45, 7) is 13.7. The summed E-state index contributed by atoms with van der Waals surface area (Å²) < 4.78 is 12.6. The third kappa shape index (κ3) is 2.85. The van der Waals surface area contributed by atoms with Crippen molar-refractivity contribution in [3.63, 3.8) is 0 Å². The van der Waals surface area contributed by atoms with Crippen LogP contribution in [0.3, 0.4) is 0 Å². The van der Waals surface area contributed by atoms with Gasteiger partial charge in [-0.3, -0.25) is 9.69 Å². The Balaban J connectivity index is 1.26. The number of carbonyl (C=O) groups excluding carboxylic acids is 1. The van der Waals surface area contributed by atoms with Gasteiger partial charge in [0.1, 0.15) is 0 Å². The zero-order valence-corrected chi connectivity index (χ0v) is 20.5. The van der Waals surface area contributed by atoms with E-state index in [1.807, 2.05) is 0 Å². The van der Waals surface area contributed by atoms with Crippen molar-refractivity contribution in [2.75, 3.05) is 11.4 Å². The molecule has 3 aliphatic heterocycles. The molecule has 1 aromatic carbocycles. The SMILES string of the molecule is CC1(C)C(=O)N(C2CC(N3C[C@@H]4CC[C@H]3C4)C2)c2cc(B3OC(C)(C)C(C)(C)O3)ccc21. The second-order valence-corrected chi connectivity index (χ2v) is 12.5. The van der Waals surface area contributed by atoms with Gasteiger partial charge in [-0.15, -0.1) is 0 Å². The van der Waals surface area contributed by atoms with E-state index in [4.69, 9.17) is 9.31 Å². The second kappa shape index (κ2) is 6.61. The summed E-state index contributed by atoms with van der Waals surface area (Å²) >= 11 is 0. The van der Waals surface area contributed by atoms with Crippen LogP contribution in [0.1, 0.15) is 79.2 Å². The summed E-state index contributed by atoms with van der Waals surface area (Å²) in [5, 5.41) is 0. The zero-order chi connectivity index (χ0) is 22.6. The number of anilines is 1. The van der Waals surface area contributed by atoms with Gasteiger partial charge in [0, 0.05) is 30.4 Å². The van der Waals surface area contributed by atoms with Crippen molar-refractivity contribution in [2.24, 2.45) is 5.92 Å². The van der Waals surface area contributed by atoms with E-state index in [1.165, 1.54) is 25.8 Å². The third-order valence-corrected chi connectivity index (χ3v) is 9.61. The van der Waals surface area contributed by atoms with Gasteiger partial charge in [-0.1, -0.05) is 12.1 Å². The lowest BCUT2D eigenvalue weighted by Crippen LogP contribution is -2.57. The first-order chi connectivity index (χ1) is 15.0. The van der Waals surface area contributed by atoms with Crippen molar-refractivity contribution in [1.82, 2.24) is 4.90 Å².